The Morgan fingerprint density at radius 2 is 1.69 bits per heavy atom. The molecule has 1 aliphatic heterocycles. The molecule has 2 aliphatic rings. The molecule has 0 radical (unpaired) electrons. The molecule has 2 atom stereocenters. The maximum absolute atomic E-state index is 13.7. The molecular formula is C31H48FN5O7S. The molecule has 1 heterocycles. The van der Waals surface area contributed by atoms with Gasteiger partial charge in [0.2, 0.25) is 11.8 Å². The largest absolute Gasteiger partial charge is 0.444 e. The molecule has 1 saturated heterocycles. The van der Waals surface area contributed by atoms with E-state index in [2.05, 4.69) is 17.6 Å². The molecule has 1 aliphatic carbocycles. The zero-order chi connectivity index (χ0) is 33.4. The molecule has 1 saturated carbocycles. The summed E-state index contributed by atoms with van der Waals surface area (Å²) < 4.78 is 47.3. The Hall–Kier alpha value is -3.42. The van der Waals surface area contributed by atoms with E-state index in [-0.39, 0.29) is 18.5 Å². The monoisotopic (exact) mass is 653 g/mol. The van der Waals surface area contributed by atoms with Gasteiger partial charge in [0.1, 0.15) is 29.0 Å². The molecular weight excluding hydrogens is 605 g/mol. The lowest BCUT2D eigenvalue weighted by atomic mass is 10.0. The second-order valence-electron chi connectivity index (χ2n) is 12.9. The number of amides is 4. The number of hydrogen-bond donors (Lipinski definition) is 3. The van der Waals surface area contributed by atoms with E-state index in [0.29, 0.717) is 32.2 Å². The lowest BCUT2D eigenvalue weighted by Crippen LogP contribution is -2.58. The Labute approximate surface area is 266 Å². The van der Waals surface area contributed by atoms with Crippen molar-refractivity contribution in [3.63, 3.8) is 0 Å². The number of anilines is 1. The zero-order valence-electron chi connectivity index (χ0n) is 27.0. The average molecular weight is 654 g/mol. The van der Waals surface area contributed by atoms with Crippen molar-refractivity contribution in [2.45, 2.75) is 122 Å². The van der Waals surface area contributed by atoms with Gasteiger partial charge < -0.3 is 20.3 Å². The summed E-state index contributed by atoms with van der Waals surface area (Å²) in [4.78, 5) is 54.4. The first-order chi connectivity index (χ1) is 21.1. The van der Waals surface area contributed by atoms with Gasteiger partial charge in [0, 0.05) is 13.6 Å². The molecule has 252 valence electrons. The summed E-state index contributed by atoms with van der Waals surface area (Å²) in [6.45, 7) is 7.63. The van der Waals surface area contributed by atoms with Crippen LogP contribution in [0.2, 0.25) is 0 Å². The van der Waals surface area contributed by atoms with Crippen LogP contribution in [0.15, 0.2) is 24.3 Å². The van der Waals surface area contributed by atoms with E-state index in [0.717, 1.165) is 48.5 Å². The van der Waals surface area contributed by atoms with Crippen molar-refractivity contribution in [3.8, 4) is 0 Å². The number of halogens is 1. The van der Waals surface area contributed by atoms with Crippen LogP contribution in [0.1, 0.15) is 98.3 Å². The van der Waals surface area contributed by atoms with Gasteiger partial charge in [0.15, 0.2) is 0 Å². The van der Waals surface area contributed by atoms with Crippen molar-refractivity contribution in [2.75, 3.05) is 17.9 Å². The lowest BCUT2D eigenvalue weighted by Gasteiger charge is -2.30. The van der Waals surface area contributed by atoms with E-state index < -0.39 is 63.1 Å². The highest BCUT2D eigenvalue weighted by atomic mass is 32.2. The number of nitrogens with one attached hydrogen (secondary N) is 3. The third-order valence-electron chi connectivity index (χ3n) is 7.99. The third kappa shape index (κ3) is 10.3. The van der Waals surface area contributed by atoms with E-state index >= 15 is 0 Å². The fourth-order valence-electron chi connectivity index (χ4n) is 5.27. The van der Waals surface area contributed by atoms with Crippen LogP contribution in [0, 0.1) is 5.82 Å². The summed E-state index contributed by atoms with van der Waals surface area (Å²) in [6.07, 6.45) is 7.03. The molecule has 12 nitrogen and oxygen atoms in total. The molecule has 0 bridgehead atoms. The molecule has 0 unspecified atom stereocenters. The minimum atomic E-state index is -4.36. The van der Waals surface area contributed by atoms with Crippen LogP contribution in [0.3, 0.4) is 0 Å². The number of carbonyl (C=O) groups excluding carboxylic acids is 4. The van der Waals surface area contributed by atoms with E-state index in [1.165, 1.54) is 24.1 Å². The quantitative estimate of drug-likeness (QED) is 0.243. The number of nitrogens with zero attached hydrogens (tertiary/aromatic N) is 2. The average Bonchev–Trinajstić information content (AvgIpc) is 3.57. The van der Waals surface area contributed by atoms with Crippen LogP contribution in [-0.2, 0) is 29.3 Å². The van der Waals surface area contributed by atoms with Gasteiger partial charge in [-0.1, -0.05) is 45.4 Å². The Morgan fingerprint density at radius 1 is 1.07 bits per heavy atom. The zero-order valence-corrected chi connectivity index (χ0v) is 27.8. The maximum Gasteiger partial charge on any atom is 0.408 e. The van der Waals surface area contributed by atoms with Gasteiger partial charge in [-0.2, -0.15) is 8.42 Å². The van der Waals surface area contributed by atoms with Crippen LogP contribution >= 0.6 is 0 Å². The van der Waals surface area contributed by atoms with Crippen LogP contribution in [0.4, 0.5) is 14.9 Å². The second-order valence-corrected chi connectivity index (χ2v) is 14.6. The molecule has 45 heavy (non-hydrogen) atoms. The van der Waals surface area contributed by atoms with Gasteiger partial charge >= 0.3 is 16.3 Å². The molecule has 4 amide bonds. The van der Waals surface area contributed by atoms with Crippen LogP contribution in [0.25, 0.3) is 0 Å². The maximum atomic E-state index is 13.7. The summed E-state index contributed by atoms with van der Waals surface area (Å²) >= 11 is 0. The van der Waals surface area contributed by atoms with E-state index in [1.807, 2.05) is 4.72 Å². The summed E-state index contributed by atoms with van der Waals surface area (Å²) in [5.41, 5.74) is -2.05. The van der Waals surface area contributed by atoms with Gasteiger partial charge in [-0.05, 0) is 77.1 Å². The predicted octanol–water partition coefficient (Wildman–Crippen LogP) is 3.91. The Morgan fingerprint density at radius 3 is 2.29 bits per heavy atom. The fourth-order valence-corrected chi connectivity index (χ4v) is 6.23. The van der Waals surface area contributed by atoms with Gasteiger partial charge in [0.25, 0.3) is 5.91 Å². The minimum Gasteiger partial charge on any atom is -0.444 e. The highest BCUT2D eigenvalue weighted by Crippen LogP contribution is 2.37. The number of ether oxygens (including phenoxy) is 1. The number of benzene rings is 1. The Bertz CT molecular complexity index is 1310. The molecule has 1 aromatic carbocycles. The van der Waals surface area contributed by atoms with Gasteiger partial charge in [-0.25, -0.2) is 13.9 Å². The molecule has 0 spiro atoms. The second kappa shape index (κ2) is 15.2. The summed E-state index contributed by atoms with van der Waals surface area (Å²) in [5, 5.41) is 5.40. The fraction of sp³-hybridized carbons (Fsp3) is 0.677. The van der Waals surface area contributed by atoms with Crippen molar-refractivity contribution in [1.82, 2.24) is 20.3 Å². The molecule has 14 heteroatoms. The first-order valence-electron chi connectivity index (χ1n) is 15.8. The Kier molecular flexibility index (Phi) is 12.2. The number of carbonyl (C=O) groups is 4. The number of hydrogen-bond acceptors (Lipinski definition) is 7. The normalized spacial score (nSPS) is 18.1. The van der Waals surface area contributed by atoms with E-state index in [4.69, 9.17) is 4.74 Å². The molecule has 3 N–H and O–H groups in total. The molecule has 0 aromatic heterocycles. The summed E-state index contributed by atoms with van der Waals surface area (Å²) in [5.74, 6) is -2.39. The Balaban J connectivity index is 1.66. The van der Waals surface area contributed by atoms with E-state index in [1.54, 1.807) is 20.8 Å². The first-order valence-corrected chi connectivity index (χ1v) is 17.2. The summed E-state index contributed by atoms with van der Waals surface area (Å²) in [7, 11) is -3.14. The third-order valence-corrected chi connectivity index (χ3v) is 9.37. The van der Waals surface area contributed by atoms with Crippen molar-refractivity contribution >= 4 is 39.7 Å². The molecule has 3 rings (SSSR count). The van der Waals surface area contributed by atoms with E-state index in [9.17, 15) is 32.0 Å². The smallest absolute Gasteiger partial charge is 0.408 e. The van der Waals surface area contributed by atoms with Crippen molar-refractivity contribution in [2.24, 2.45) is 0 Å². The number of alkyl carbamates (subject to hydrolysis) is 1. The van der Waals surface area contributed by atoms with Crippen LogP contribution in [-0.4, -0.2) is 73.9 Å². The standard InChI is InChI=1S/C31H48FN5O7S/c1-6-7-8-9-10-11-13-24(33-29(41)44-30(2,3)4)27(39)37-21-12-14-25(37)26(38)34-31(19-20-31)28(40)35-45(42,43)36(5)23-17-15-22(32)16-18-23/h15-18,24-25H,6-14,19-21H2,1-5H3,(H,33,41)(H,34,38)(H,35,40)/t24-,25-/m0/s1. The number of likely N-dealkylation sites (tertiary alicyclic amines) is 1. The van der Waals surface area contributed by atoms with Crippen molar-refractivity contribution < 1.29 is 36.7 Å². The number of unbranched alkanes of at least 4 members (excludes halogenated alkanes) is 5. The van der Waals surface area contributed by atoms with Crippen molar-refractivity contribution in [3.05, 3.63) is 30.1 Å². The first kappa shape index (κ1) is 36.1. The SMILES string of the molecule is CCCCCCCC[C@H](NC(=O)OC(C)(C)C)C(=O)N1CCC[C@H]1C(=O)NC1(C(=O)NS(=O)(=O)N(C)c2ccc(F)cc2)CC1. The number of rotatable bonds is 15. The van der Waals surface area contributed by atoms with Crippen LogP contribution in [0.5, 0.6) is 0 Å². The predicted molar refractivity (Wildman–Crippen MR) is 168 cm³/mol. The van der Waals surface area contributed by atoms with Gasteiger partial charge in [-0.3, -0.25) is 18.7 Å². The topological polar surface area (TPSA) is 154 Å². The molecule has 2 fully saturated rings. The molecule has 1 aromatic rings. The minimum absolute atomic E-state index is 0.140. The van der Waals surface area contributed by atoms with Crippen molar-refractivity contribution in [1.29, 1.82) is 0 Å². The van der Waals surface area contributed by atoms with Crippen LogP contribution < -0.4 is 19.7 Å². The van der Waals surface area contributed by atoms with Gasteiger partial charge in [-0.15, -0.1) is 0 Å². The lowest BCUT2D eigenvalue weighted by molar-refractivity contribution is -0.141. The summed E-state index contributed by atoms with van der Waals surface area (Å²) in [6, 6.07) is 2.95. The van der Waals surface area contributed by atoms with Gasteiger partial charge in [0.05, 0.1) is 5.69 Å². The highest BCUT2D eigenvalue weighted by molar-refractivity contribution is 7.91. The highest BCUT2D eigenvalue weighted by Gasteiger charge is 2.54.